The van der Waals surface area contributed by atoms with Gasteiger partial charge in [-0.25, -0.2) is 0 Å². The summed E-state index contributed by atoms with van der Waals surface area (Å²) in [4.78, 5) is 13.9. The van der Waals surface area contributed by atoms with Gasteiger partial charge in [0.15, 0.2) is 11.5 Å². The Hall–Kier alpha value is -1.75. The van der Waals surface area contributed by atoms with E-state index in [2.05, 4.69) is 0 Å². The Morgan fingerprint density at radius 1 is 1.29 bits per heavy atom. The van der Waals surface area contributed by atoms with Crippen LogP contribution in [0.2, 0.25) is 0 Å². The highest BCUT2D eigenvalue weighted by Crippen LogP contribution is 2.29. The van der Waals surface area contributed by atoms with Crippen molar-refractivity contribution in [3.8, 4) is 11.5 Å². The zero-order valence-electron chi connectivity index (χ0n) is 12.9. The summed E-state index contributed by atoms with van der Waals surface area (Å²) in [5.41, 5.74) is 0.200. The van der Waals surface area contributed by atoms with E-state index in [0.29, 0.717) is 31.0 Å². The van der Waals surface area contributed by atoms with E-state index < -0.39 is 5.60 Å². The summed E-state index contributed by atoms with van der Waals surface area (Å²) in [6.07, 6.45) is 1.98. The van der Waals surface area contributed by atoms with E-state index in [1.165, 1.54) is 0 Å². The van der Waals surface area contributed by atoms with E-state index in [0.717, 1.165) is 18.4 Å². The molecule has 5 nitrogen and oxygen atoms in total. The van der Waals surface area contributed by atoms with Crippen molar-refractivity contribution in [3.05, 3.63) is 23.8 Å². The van der Waals surface area contributed by atoms with E-state index >= 15 is 0 Å². The van der Waals surface area contributed by atoms with Gasteiger partial charge in [-0.05, 0) is 24.1 Å². The monoisotopic (exact) mass is 293 g/mol. The van der Waals surface area contributed by atoms with Gasteiger partial charge in [0, 0.05) is 0 Å². The Balaban J connectivity index is 1.95. The van der Waals surface area contributed by atoms with Crippen LogP contribution < -0.4 is 9.47 Å². The van der Waals surface area contributed by atoms with Crippen LogP contribution in [-0.2, 0) is 11.2 Å². The van der Waals surface area contributed by atoms with Crippen LogP contribution >= 0.6 is 0 Å². The van der Waals surface area contributed by atoms with Gasteiger partial charge >= 0.3 is 0 Å². The number of likely N-dealkylation sites (tertiary alicyclic amines) is 1. The molecule has 0 aromatic heterocycles. The maximum Gasteiger partial charge on any atom is 0.227 e. The molecular formula is C16H23NO4. The number of nitrogens with zero attached hydrogens (tertiary/aromatic N) is 1. The molecule has 0 unspecified atom stereocenters. The van der Waals surface area contributed by atoms with Gasteiger partial charge in [0.1, 0.15) is 0 Å². The van der Waals surface area contributed by atoms with E-state index in [4.69, 9.17) is 9.47 Å². The molecule has 21 heavy (non-hydrogen) atoms. The summed E-state index contributed by atoms with van der Waals surface area (Å²) in [5.74, 6) is 1.30. The minimum Gasteiger partial charge on any atom is -0.493 e. The van der Waals surface area contributed by atoms with Gasteiger partial charge in [0.05, 0.1) is 39.3 Å². The Kier molecular flexibility index (Phi) is 4.73. The van der Waals surface area contributed by atoms with Gasteiger partial charge in [-0.1, -0.05) is 19.4 Å². The van der Waals surface area contributed by atoms with E-state index in [-0.39, 0.29) is 5.91 Å². The maximum atomic E-state index is 12.2. The van der Waals surface area contributed by atoms with Gasteiger partial charge in [-0.2, -0.15) is 0 Å². The van der Waals surface area contributed by atoms with E-state index in [1.807, 2.05) is 19.1 Å². The SMILES string of the molecule is CCCC1(O)CN(C(=O)Cc2ccc(OC)c(OC)c2)C1. The van der Waals surface area contributed by atoms with Crippen molar-refractivity contribution in [3.63, 3.8) is 0 Å². The number of amides is 1. The number of benzene rings is 1. The largest absolute Gasteiger partial charge is 0.493 e. The van der Waals surface area contributed by atoms with Crippen LogP contribution in [0.3, 0.4) is 0 Å². The van der Waals surface area contributed by atoms with Crippen molar-refractivity contribution in [2.24, 2.45) is 0 Å². The van der Waals surface area contributed by atoms with Crippen LogP contribution in [-0.4, -0.2) is 48.8 Å². The van der Waals surface area contributed by atoms with Crippen molar-refractivity contribution in [1.82, 2.24) is 4.90 Å². The lowest BCUT2D eigenvalue weighted by Gasteiger charge is -2.46. The number of ether oxygens (including phenoxy) is 2. The predicted molar refractivity (Wildman–Crippen MR) is 79.7 cm³/mol. The fourth-order valence-electron chi connectivity index (χ4n) is 2.74. The van der Waals surface area contributed by atoms with Crippen LogP contribution in [0.1, 0.15) is 25.3 Å². The first-order chi connectivity index (χ1) is 10.0. The molecule has 1 aliphatic heterocycles. The predicted octanol–water partition coefficient (Wildman–Crippen LogP) is 1.62. The molecule has 0 spiro atoms. The number of hydrogen-bond donors (Lipinski definition) is 1. The Labute approximate surface area is 125 Å². The molecule has 0 bridgehead atoms. The molecule has 1 aromatic rings. The second-order valence-electron chi connectivity index (χ2n) is 5.59. The fourth-order valence-corrected chi connectivity index (χ4v) is 2.74. The number of carbonyl (C=O) groups is 1. The van der Waals surface area contributed by atoms with Gasteiger partial charge in [0.25, 0.3) is 0 Å². The van der Waals surface area contributed by atoms with Crippen molar-refractivity contribution < 1.29 is 19.4 Å². The quantitative estimate of drug-likeness (QED) is 0.866. The third-order valence-electron chi connectivity index (χ3n) is 3.84. The lowest BCUT2D eigenvalue weighted by atomic mass is 9.89. The second kappa shape index (κ2) is 6.35. The summed E-state index contributed by atoms with van der Waals surface area (Å²) in [7, 11) is 3.15. The molecule has 0 saturated carbocycles. The molecule has 1 aromatic carbocycles. The molecule has 116 valence electrons. The number of aliphatic hydroxyl groups is 1. The molecule has 0 aliphatic carbocycles. The maximum absolute atomic E-state index is 12.2. The van der Waals surface area contributed by atoms with Crippen LogP contribution in [0, 0.1) is 0 Å². The standard InChI is InChI=1S/C16H23NO4/c1-4-7-16(19)10-17(11-16)15(18)9-12-5-6-13(20-2)14(8-12)21-3/h5-6,8,19H,4,7,9-11H2,1-3H3. The number of carbonyl (C=O) groups excluding carboxylic acids is 1. The summed E-state index contributed by atoms with van der Waals surface area (Å²) < 4.78 is 10.4. The third-order valence-corrected chi connectivity index (χ3v) is 3.84. The highest BCUT2D eigenvalue weighted by Gasteiger charge is 2.42. The van der Waals surface area contributed by atoms with Crippen LogP contribution in [0.4, 0.5) is 0 Å². The number of β-amino-alcohol motifs (C(OH)–C–C–N with tert-alkyl or cyclic N) is 1. The molecule has 1 aliphatic rings. The molecule has 1 heterocycles. The molecule has 5 heteroatoms. The normalized spacial score (nSPS) is 16.3. The Morgan fingerprint density at radius 3 is 2.52 bits per heavy atom. The van der Waals surface area contributed by atoms with Gasteiger partial charge in [-0.3, -0.25) is 4.79 Å². The summed E-state index contributed by atoms with van der Waals surface area (Å²) in [6, 6.07) is 5.47. The summed E-state index contributed by atoms with van der Waals surface area (Å²) in [6.45, 7) is 2.91. The van der Waals surface area contributed by atoms with Gasteiger partial charge in [-0.15, -0.1) is 0 Å². The topological polar surface area (TPSA) is 59.0 Å². The highest BCUT2D eigenvalue weighted by atomic mass is 16.5. The molecule has 2 rings (SSSR count). The zero-order valence-corrected chi connectivity index (χ0v) is 12.9. The average Bonchev–Trinajstić information content (AvgIpc) is 2.44. The van der Waals surface area contributed by atoms with E-state index in [9.17, 15) is 9.90 Å². The third kappa shape index (κ3) is 3.47. The lowest BCUT2D eigenvalue weighted by molar-refractivity contribution is -0.155. The fraction of sp³-hybridized carbons (Fsp3) is 0.562. The molecule has 1 fully saturated rings. The average molecular weight is 293 g/mol. The van der Waals surface area contributed by atoms with Crippen LogP contribution in [0.25, 0.3) is 0 Å². The van der Waals surface area contributed by atoms with E-state index in [1.54, 1.807) is 25.2 Å². The summed E-state index contributed by atoms with van der Waals surface area (Å²) >= 11 is 0. The Bertz CT molecular complexity index is 509. The van der Waals surface area contributed by atoms with Crippen molar-refractivity contribution >= 4 is 5.91 Å². The van der Waals surface area contributed by atoms with Crippen molar-refractivity contribution in [2.75, 3.05) is 27.3 Å². The first kappa shape index (κ1) is 15.6. The minimum absolute atomic E-state index is 0.0306. The molecular weight excluding hydrogens is 270 g/mol. The van der Waals surface area contributed by atoms with Gasteiger partial charge in [0.2, 0.25) is 5.91 Å². The minimum atomic E-state index is -0.679. The zero-order chi connectivity index (χ0) is 15.5. The molecule has 0 atom stereocenters. The van der Waals surface area contributed by atoms with Crippen LogP contribution in [0.5, 0.6) is 11.5 Å². The number of methoxy groups -OCH3 is 2. The highest BCUT2D eigenvalue weighted by molar-refractivity contribution is 5.80. The molecule has 0 radical (unpaired) electrons. The van der Waals surface area contributed by atoms with Gasteiger partial charge < -0.3 is 19.5 Å². The molecule has 1 N–H and O–H groups in total. The molecule has 1 saturated heterocycles. The van der Waals surface area contributed by atoms with Crippen LogP contribution in [0.15, 0.2) is 18.2 Å². The Morgan fingerprint density at radius 2 is 1.95 bits per heavy atom. The summed E-state index contributed by atoms with van der Waals surface area (Å²) in [5, 5.41) is 10.1. The molecule has 1 amide bonds. The second-order valence-corrected chi connectivity index (χ2v) is 5.59. The van der Waals surface area contributed by atoms with Crippen molar-refractivity contribution in [1.29, 1.82) is 0 Å². The van der Waals surface area contributed by atoms with Crippen molar-refractivity contribution in [2.45, 2.75) is 31.8 Å². The smallest absolute Gasteiger partial charge is 0.227 e. The first-order valence-corrected chi connectivity index (χ1v) is 7.22. The first-order valence-electron chi connectivity index (χ1n) is 7.22. The number of hydrogen-bond acceptors (Lipinski definition) is 4. The number of rotatable bonds is 6. The lowest BCUT2D eigenvalue weighted by Crippen LogP contribution is -2.63.